The van der Waals surface area contributed by atoms with Gasteiger partial charge in [-0.15, -0.1) is 0 Å². The summed E-state index contributed by atoms with van der Waals surface area (Å²) in [5.41, 5.74) is 0.0783. The number of nitrogens with zero attached hydrogens (tertiary/aromatic N) is 2. The molecule has 22 heavy (non-hydrogen) atoms. The molecule has 0 saturated carbocycles. The molecule has 5 heteroatoms. The van der Waals surface area contributed by atoms with Crippen LogP contribution in [0.25, 0.3) is 0 Å². The minimum atomic E-state index is -0.469. The predicted octanol–water partition coefficient (Wildman–Crippen LogP) is 1.48. The van der Waals surface area contributed by atoms with Crippen LogP contribution in [-0.4, -0.2) is 22.3 Å². The Kier molecular flexibility index (Phi) is 4.53. The second kappa shape index (κ2) is 6.75. The fraction of sp³-hybridized carbons (Fsp3) is 0.412. The number of hydrogen-bond donors (Lipinski definition) is 0. The Balaban J connectivity index is 1.79. The Morgan fingerprint density at radius 3 is 2.50 bits per heavy atom. The van der Waals surface area contributed by atoms with E-state index < -0.39 is 11.1 Å². The van der Waals surface area contributed by atoms with E-state index in [9.17, 15) is 9.59 Å². The van der Waals surface area contributed by atoms with E-state index in [4.69, 9.17) is 4.74 Å². The third-order valence-electron chi connectivity index (χ3n) is 4.04. The first-order valence-corrected chi connectivity index (χ1v) is 7.65. The first-order valence-electron chi connectivity index (χ1n) is 7.65. The molecule has 1 aliphatic heterocycles. The molecule has 0 aliphatic carbocycles. The van der Waals surface area contributed by atoms with Crippen molar-refractivity contribution in [3.8, 4) is 0 Å². The maximum Gasteiger partial charge on any atom is 0.316 e. The average molecular weight is 300 g/mol. The minimum Gasteiger partial charge on any atom is -0.381 e. The van der Waals surface area contributed by atoms with Crippen molar-refractivity contribution < 1.29 is 4.74 Å². The van der Waals surface area contributed by atoms with Crippen LogP contribution in [0.4, 0.5) is 0 Å². The van der Waals surface area contributed by atoms with E-state index in [0.29, 0.717) is 25.6 Å². The van der Waals surface area contributed by atoms with Crippen molar-refractivity contribution in [2.75, 3.05) is 13.2 Å². The molecule has 0 N–H and O–H groups in total. The molecule has 2 aromatic rings. The van der Waals surface area contributed by atoms with Crippen molar-refractivity contribution in [3.63, 3.8) is 0 Å². The van der Waals surface area contributed by atoms with Crippen LogP contribution < -0.4 is 11.1 Å². The normalized spacial score (nSPS) is 18.3. The third kappa shape index (κ3) is 3.36. The monoisotopic (exact) mass is 300 g/mol. The van der Waals surface area contributed by atoms with Crippen LogP contribution in [0, 0.1) is 5.92 Å². The number of hydrogen-bond acceptors (Lipinski definition) is 3. The summed E-state index contributed by atoms with van der Waals surface area (Å²) in [7, 11) is 0. The Morgan fingerprint density at radius 1 is 1.05 bits per heavy atom. The van der Waals surface area contributed by atoms with Crippen LogP contribution in [0.2, 0.25) is 0 Å². The summed E-state index contributed by atoms with van der Waals surface area (Å²) < 4.78 is 8.41. The molecule has 3 rings (SSSR count). The molecule has 1 unspecified atom stereocenters. The lowest BCUT2D eigenvalue weighted by atomic mass is 10.0. The second-order valence-corrected chi connectivity index (χ2v) is 5.76. The zero-order valence-corrected chi connectivity index (χ0v) is 12.5. The lowest BCUT2D eigenvalue weighted by molar-refractivity contribution is 0.0479. The van der Waals surface area contributed by atoms with E-state index in [1.54, 1.807) is 12.4 Å². The minimum absolute atomic E-state index is 0.316. The molecule has 1 aliphatic rings. The highest BCUT2D eigenvalue weighted by molar-refractivity contribution is 5.15. The molecular formula is C17H20N2O3. The maximum atomic E-state index is 12.2. The Hall–Kier alpha value is -2.14. The van der Waals surface area contributed by atoms with Gasteiger partial charge in [0.15, 0.2) is 0 Å². The first-order chi connectivity index (χ1) is 10.7. The second-order valence-electron chi connectivity index (χ2n) is 5.76. The van der Waals surface area contributed by atoms with Gasteiger partial charge in [-0.2, -0.15) is 0 Å². The van der Waals surface area contributed by atoms with Crippen molar-refractivity contribution >= 4 is 0 Å². The summed E-state index contributed by atoms with van der Waals surface area (Å²) in [5, 5.41) is 0. The van der Waals surface area contributed by atoms with Gasteiger partial charge in [0.2, 0.25) is 0 Å². The largest absolute Gasteiger partial charge is 0.381 e. The molecule has 5 nitrogen and oxygen atoms in total. The summed E-state index contributed by atoms with van der Waals surface area (Å²) in [5.74, 6) is 0.316. The van der Waals surface area contributed by atoms with Gasteiger partial charge in [0, 0.05) is 31.5 Å². The molecule has 1 aromatic carbocycles. The van der Waals surface area contributed by atoms with Crippen LogP contribution in [-0.2, 0) is 17.8 Å². The molecule has 116 valence electrons. The van der Waals surface area contributed by atoms with Crippen molar-refractivity contribution in [2.45, 2.75) is 25.9 Å². The van der Waals surface area contributed by atoms with E-state index in [2.05, 4.69) is 0 Å². The van der Waals surface area contributed by atoms with Crippen LogP contribution in [0.1, 0.15) is 18.4 Å². The average Bonchev–Trinajstić information content (AvgIpc) is 2.56. The van der Waals surface area contributed by atoms with Gasteiger partial charge in [0.25, 0.3) is 0 Å². The smallest absolute Gasteiger partial charge is 0.316 e. The molecule has 0 bridgehead atoms. The molecule has 1 fully saturated rings. The van der Waals surface area contributed by atoms with Gasteiger partial charge in [0.1, 0.15) is 0 Å². The number of aromatic nitrogens is 2. The topological polar surface area (TPSA) is 53.2 Å². The van der Waals surface area contributed by atoms with Crippen molar-refractivity contribution in [1.29, 1.82) is 0 Å². The molecule has 1 aromatic heterocycles. The number of benzene rings is 1. The summed E-state index contributed by atoms with van der Waals surface area (Å²) in [6.07, 6.45) is 5.46. The summed E-state index contributed by atoms with van der Waals surface area (Å²) in [4.78, 5) is 24.5. The van der Waals surface area contributed by atoms with E-state index in [0.717, 1.165) is 25.0 Å². The molecule has 1 saturated heterocycles. The highest BCUT2D eigenvalue weighted by Gasteiger charge is 2.16. The van der Waals surface area contributed by atoms with Crippen LogP contribution in [0.5, 0.6) is 0 Å². The van der Waals surface area contributed by atoms with E-state index in [1.165, 1.54) is 9.13 Å². The van der Waals surface area contributed by atoms with Crippen molar-refractivity contribution in [1.82, 2.24) is 9.13 Å². The van der Waals surface area contributed by atoms with Crippen molar-refractivity contribution in [3.05, 3.63) is 69.0 Å². The highest BCUT2D eigenvalue weighted by atomic mass is 16.5. The van der Waals surface area contributed by atoms with E-state index in [-0.39, 0.29) is 0 Å². The predicted molar refractivity (Wildman–Crippen MR) is 84.0 cm³/mol. The third-order valence-corrected chi connectivity index (χ3v) is 4.04. The Bertz CT molecular complexity index is 728. The van der Waals surface area contributed by atoms with Gasteiger partial charge in [0.05, 0.1) is 13.2 Å². The van der Waals surface area contributed by atoms with Gasteiger partial charge in [-0.1, -0.05) is 30.3 Å². The maximum absolute atomic E-state index is 12.2. The quantitative estimate of drug-likeness (QED) is 0.804. The molecular weight excluding hydrogens is 280 g/mol. The SMILES string of the molecule is O=c1c(=O)n(CC2CCCOC2)ccn1Cc1ccccc1. The zero-order valence-electron chi connectivity index (χ0n) is 12.5. The standard InChI is InChI=1S/C17H20N2O3/c20-16-17(21)19(12-15-7-4-10-22-13-15)9-8-18(16)11-14-5-2-1-3-6-14/h1-3,5-6,8-9,15H,4,7,10-13H2. The summed E-state index contributed by atoms with van der Waals surface area (Å²) >= 11 is 0. The lowest BCUT2D eigenvalue weighted by Gasteiger charge is -2.22. The molecule has 2 heterocycles. The van der Waals surface area contributed by atoms with Gasteiger partial charge in [-0.05, 0) is 18.4 Å². The molecule has 0 amide bonds. The fourth-order valence-corrected chi connectivity index (χ4v) is 2.82. The van der Waals surface area contributed by atoms with Crippen LogP contribution in [0.15, 0.2) is 52.3 Å². The Morgan fingerprint density at radius 2 is 1.77 bits per heavy atom. The summed E-state index contributed by atoms with van der Waals surface area (Å²) in [6, 6.07) is 9.65. The molecule has 0 radical (unpaired) electrons. The zero-order chi connectivity index (χ0) is 15.4. The Labute approximate surface area is 128 Å². The van der Waals surface area contributed by atoms with Crippen LogP contribution in [0.3, 0.4) is 0 Å². The van der Waals surface area contributed by atoms with Gasteiger partial charge in [-0.25, -0.2) is 0 Å². The molecule has 1 atom stereocenters. The number of rotatable bonds is 4. The van der Waals surface area contributed by atoms with E-state index in [1.807, 2.05) is 30.3 Å². The first kappa shape index (κ1) is 14.8. The number of ether oxygens (including phenoxy) is 1. The van der Waals surface area contributed by atoms with Gasteiger partial charge in [-0.3, -0.25) is 9.59 Å². The fourth-order valence-electron chi connectivity index (χ4n) is 2.82. The highest BCUT2D eigenvalue weighted by Crippen LogP contribution is 2.14. The lowest BCUT2D eigenvalue weighted by Crippen LogP contribution is -2.42. The van der Waals surface area contributed by atoms with E-state index >= 15 is 0 Å². The van der Waals surface area contributed by atoms with Gasteiger partial charge >= 0.3 is 11.1 Å². The molecule has 0 spiro atoms. The van der Waals surface area contributed by atoms with Crippen LogP contribution >= 0.6 is 0 Å². The summed E-state index contributed by atoms with van der Waals surface area (Å²) in [6.45, 7) is 2.44. The van der Waals surface area contributed by atoms with Crippen molar-refractivity contribution in [2.24, 2.45) is 5.92 Å². The van der Waals surface area contributed by atoms with Gasteiger partial charge < -0.3 is 13.9 Å².